The molecule has 1 saturated carbocycles. The number of nitrogens with one attached hydrogen (secondary N) is 1. The number of hydrogen-bond donors (Lipinski definition) is 1. The van der Waals surface area contributed by atoms with Crippen molar-refractivity contribution in [3.63, 3.8) is 0 Å². The molecule has 3 fully saturated rings. The van der Waals surface area contributed by atoms with Gasteiger partial charge in [-0.15, -0.1) is 10.2 Å². The summed E-state index contributed by atoms with van der Waals surface area (Å²) in [4.78, 5) is 16.4. The Labute approximate surface area is 295 Å². The Hall–Kier alpha value is -5.46. The number of rotatable bonds is 12. The molecule has 0 spiro atoms. The minimum Gasteiger partial charge on any atom is -0.487 e. The van der Waals surface area contributed by atoms with E-state index >= 15 is 0 Å². The first-order valence-corrected chi connectivity index (χ1v) is 17.6. The van der Waals surface area contributed by atoms with E-state index in [1.807, 2.05) is 48.1 Å². The predicted octanol–water partition coefficient (Wildman–Crippen LogP) is 4.73. The molecule has 1 aliphatic carbocycles. The monoisotopic (exact) mass is 688 g/mol. The van der Waals surface area contributed by atoms with Crippen molar-refractivity contribution in [2.45, 2.75) is 88.9 Å². The van der Waals surface area contributed by atoms with E-state index in [-0.39, 0.29) is 18.8 Å². The van der Waals surface area contributed by atoms with Gasteiger partial charge in [0, 0.05) is 42.3 Å². The Morgan fingerprint density at radius 1 is 0.961 bits per heavy atom. The molecule has 262 valence electrons. The minimum atomic E-state index is -0.274. The summed E-state index contributed by atoms with van der Waals surface area (Å²) in [6.07, 6.45) is 15.4. The lowest BCUT2D eigenvalue weighted by molar-refractivity contribution is -0.0458. The van der Waals surface area contributed by atoms with Crippen molar-refractivity contribution in [1.29, 1.82) is 5.26 Å². The Bertz CT molecular complexity index is 1920. The number of ether oxygens (including phenoxy) is 3. The van der Waals surface area contributed by atoms with E-state index < -0.39 is 0 Å². The molecule has 1 aromatic carbocycles. The van der Waals surface area contributed by atoms with Gasteiger partial charge in [-0.25, -0.2) is 14.6 Å². The highest BCUT2D eigenvalue weighted by molar-refractivity contribution is 5.67. The third-order valence-corrected chi connectivity index (χ3v) is 10.0. The fourth-order valence-corrected chi connectivity index (χ4v) is 7.59. The molecule has 15 heteroatoms. The van der Waals surface area contributed by atoms with Gasteiger partial charge in [0.2, 0.25) is 5.95 Å². The van der Waals surface area contributed by atoms with E-state index in [0.29, 0.717) is 53.5 Å². The first-order valence-electron chi connectivity index (χ1n) is 17.6. The second-order valence-electron chi connectivity index (χ2n) is 13.5. The molecule has 1 N–H and O–H groups in total. The first-order chi connectivity index (χ1) is 25.1. The van der Waals surface area contributed by atoms with Gasteiger partial charge in [0.1, 0.15) is 36.5 Å². The molecule has 5 aromatic rings. The zero-order valence-electron chi connectivity index (χ0n) is 28.5. The highest BCUT2D eigenvalue weighted by atomic mass is 16.5. The number of aromatic nitrogens is 9. The third-order valence-electron chi connectivity index (χ3n) is 10.0. The quantitative estimate of drug-likeness (QED) is 0.191. The van der Waals surface area contributed by atoms with Gasteiger partial charge in [0.15, 0.2) is 0 Å². The molecule has 2 saturated heterocycles. The molecule has 3 aliphatic rings. The second-order valence-corrected chi connectivity index (χ2v) is 13.5. The lowest BCUT2D eigenvalue weighted by atomic mass is 9.89. The van der Waals surface area contributed by atoms with Crippen LogP contribution in [0.4, 0.5) is 11.6 Å². The van der Waals surface area contributed by atoms with Crippen LogP contribution in [0.25, 0.3) is 11.1 Å². The van der Waals surface area contributed by atoms with Crippen LogP contribution >= 0.6 is 0 Å². The van der Waals surface area contributed by atoms with E-state index in [1.54, 1.807) is 29.3 Å². The van der Waals surface area contributed by atoms with Crippen LogP contribution in [-0.4, -0.2) is 87.3 Å². The van der Waals surface area contributed by atoms with Crippen LogP contribution in [0.1, 0.15) is 62.7 Å². The molecule has 51 heavy (non-hydrogen) atoms. The summed E-state index contributed by atoms with van der Waals surface area (Å²) in [5.41, 5.74) is 3.53. The highest BCUT2D eigenvalue weighted by Crippen LogP contribution is 2.39. The Morgan fingerprint density at radius 2 is 1.75 bits per heavy atom. The van der Waals surface area contributed by atoms with Crippen molar-refractivity contribution in [2.75, 3.05) is 18.5 Å². The minimum absolute atomic E-state index is 0.274. The molecule has 15 nitrogen and oxygen atoms in total. The number of benzene rings is 1. The van der Waals surface area contributed by atoms with Crippen LogP contribution in [0.5, 0.6) is 11.6 Å². The largest absolute Gasteiger partial charge is 0.487 e. The van der Waals surface area contributed by atoms with Gasteiger partial charge in [-0.1, -0.05) is 12.1 Å². The van der Waals surface area contributed by atoms with E-state index in [0.717, 1.165) is 55.7 Å². The molecule has 0 amide bonds. The van der Waals surface area contributed by atoms with Gasteiger partial charge in [-0.3, -0.25) is 14.6 Å². The normalized spacial score (nSPS) is 22.3. The summed E-state index contributed by atoms with van der Waals surface area (Å²) < 4.78 is 21.8. The van der Waals surface area contributed by atoms with Crippen molar-refractivity contribution >= 4 is 11.6 Å². The summed E-state index contributed by atoms with van der Waals surface area (Å²) in [6, 6.07) is 15.4. The third kappa shape index (κ3) is 7.38. The van der Waals surface area contributed by atoms with Crippen LogP contribution < -0.4 is 14.8 Å². The number of morpholine rings is 1. The summed E-state index contributed by atoms with van der Waals surface area (Å²) >= 11 is 0. The van der Waals surface area contributed by atoms with Crippen molar-refractivity contribution < 1.29 is 14.2 Å². The van der Waals surface area contributed by atoms with Crippen LogP contribution in [0, 0.1) is 11.3 Å². The molecule has 8 rings (SSSR count). The van der Waals surface area contributed by atoms with E-state index in [4.69, 9.17) is 19.3 Å². The number of pyridine rings is 1. The second kappa shape index (κ2) is 14.8. The maximum atomic E-state index is 9.70. The smallest absolute Gasteiger partial charge is 0.257 e. The average molecular weight is 689 g/mol. The number of nitriles is 1. The predicted molar refractivity (Wildman–Crippen MR) is 185 cm³/mol. The fraction of sp³-hybridized carbons (Fsp3) is 0.444. The maximum Gasteiger partial charge on any atom is 0.257 e. The van der Waals surface area contributed by atoms with E-state index in [2.05, 4.69) is 46.8 Å². The molecule has 4 aromatic heterocycles. The molecule has 3 atom stereocenters. The van der Waals surface area contributed by atoms with E-state index in [1.165, 1.54) is 19.2 Å². The standard InChI is InChI=1S/C36H40N12O3/c1-24(18-46-23-41-44-45-46)51-34-14-25(5-6-26(34)15-37)27-16-39-36(40-17-27)42-33-19-47(43-35(33)50-20-28-4-2-3-13-38-28)29-7-9-30(10-8-29)48-31-11-12-32(48)22-49-21-31/h2-6,13-14,16-17,19,23-24,29-32H,7-12,18,20-22H2,1H3,(H,39,40,42)/t24-,29-,30-,31-,32+/m0/s1. The van der Waals surface area contributed by atoms with Gasteiger partial charge in [0.05, 0.1) is 43.3 Å². The van der Waals surface area contributed by atoms with Gasteiger partial charge >= 0.3 is 0 Å². The summed E-state index contributed by atoms with van der Waals surface area (Å²) in [7, 11) is 0. The fourth-order valence-electron chi connectivity index (χ4n) is 7.59. The zero-order valence-corrected chi connectivity index (χ0v) is 28.5. The van der Waals surface area contributed by atoms with Crippen molar-refractivity contribution in [3.8, 4) is 28.8 Å². The SMILES string of the molecule is C[C@@H](Cn1cnnn1)Oc1cc(-c2cnc(Nc3cn([C@H]4CC[C@H](N5[C@@H]6CC[C@H]5COC6)CC4)nc3OCc3ccccn3)nc2)ccc1C#N. The van der Waals surface area contributed by atoms with Crippen molar-refractivity contribution in [1.82, 2.24) is 49.8 Å². The number of fused-ring (bicyclic) bond motifs is 2. The van der Waals surface area contributed by atoms with Gasteiger partial charge in [0.25, 0.3) is 5.88 Å². The number of anilines is 2. The topological polar surface area (TPSA) is 167 Å². The molecule has 2 bridgehead atoms. The lowest BCUT2D eigenvalue weighted by Gasteiger charge is -2.43. The first kappa shape index (κ1) is 32.7. The Kier molecular flexibility index (Phi) is 9.50. The molecular formula is C36H40N12O3. The molecular weight excluding hydrogens is 648 g/mol. The van der Waals surface area contributed by atoms with E-state index in [9.17, 15) is 5.26 Å². The van der Waals surface area contributed by atoms with Crippen LogP contribution in [0.15, 0.2) is 67.5 Å². The van der Waals surface area contributed by atoms with Gasteiger partial charge < -0.3 is 19.5 Å². The van der Waals surface area contributed by atoms with Crippen LogP contribution in [-0.2, 0) is 17.9 Å². The number of nitrogens with zero attached hydrogens (tertiary/aromatic N) is 11. The van der Waals surface area contributed by atoms with Crippen molar-refractivity contribution in [2.24, 2.45) is 0 Å². The molecule has 0 radical (unpaired) electrons. The van der Waals surface area contributed by atoms with Crippen molar-refractivity contribution in [3.05, 3.63) is 78.8 Å². The Balaban J connectivity index is 0.968. The lowest BCUT2D eigenvalue weighted by Crippen LogP contribution is -2.52. The summed E-state index contributed by atoms with van der Waals surface area (Å²) in [5, 5.41) is 29.2. The molecule has 2 aliphatic heterocycles. The number of hydrogen-bond acceptors (Lipinski definition) is 13. The average Bonchev–Trinajstić information content (AvgIpc) is 3.89. The zero-order chi connectivity index (χ0) is 34.6. The highest BCUT2D eigenvalue weighted by Gasteiger charge is 2.42. The summed E-state index contributed by atoms with van der Waals surface area (Å²) in [6.45, 7) is 4.37. The number of tetrazole rings is 1. The summed E-state index contributed by atoms with van der Waals surface area (Å²) in [5.74, 6) is 1.35. The van der Waals surface area contributed by atoms with Crippen LogP contribution in [0.2, 0.25) is 0 Å². The van der Waals surface area contributed by atoms with Gasteiger partial charge in [-0.05, 0) is 85.7 Å². The van der Waals surface area contributed by atoms with Crippen LogP contribution in [0.3, 0.4) is 0 Å². The maximum absolute atomic E-state index is 9.70. The molecule has 6 heterocycles. The molecule has 0 unspecified atom stereocenters. The Morgan fingerprint density at radius 3 is 2.47 bits per heavy atom. The van der Waals surface area contributed by atoms with Gasteiger partial charge in [-0.2, -0.15) is 5.26 Å².